The van der Waals surface area contributed by atoms with Gasteiger partial charge in [0.15, 0.2) is 0 Å². The highest BCUT2D eigenvalue weighted by atomic mass is 16.6. The lowest BCUT2D eigenvalue weighted by Crippen LogP contribution is -2.40. The number of aliphatic hydroxyl groups excluding tert-OH is 1. The summed E-state index contributed by atoms with van der Waals surface area (Å²) in [4.78, 5) is 22.8. The number of esters is 1. The molecule has 1 amide bonds. The number of amides is 1. The minimum atomic E-state index is -0.926. The molecule has 2 N–H and O–H groups in total. The van der Waals surface area contributed by atoms with Crippen LogP contribution in [0.5, 0.6) is 5.75 Å². The van der Waals surface area contributed by atoms with E-state index in [-0.39, 0.29) is 6.54 Å². The zero-order valence-corrected chi connectivity index (χ0v) is 10.8. The Morgan fingerprint density at radius 1 is 1.32 bits per heavy atom. The Balaban J connectivity index is 2.46. The monoisotopic (exact) mass is 267 g/mol. The maximum Gasteiger partial charge on any atom is 0.412 e. The van der Waals surface area contributed by atoms with E-state index in [1.807, 2.05) is 0 Å². The van der Waals surface area contributed by atoms with Gasteiger partial charge in [-0.25, -0.2) is 4.79 Å². The Morgan fingerprint density at radius 3 is 2.47 bits per heavy atom. The van der Waals surface area contributed by atoms with E-state index in [4.69, 9.17) is 4.74 Å². The van der Waals surface area contributed by atoms with Crippen molar-refractivity contribution in [3.63, 3.8) is 0 Å². The zero-order chi connectivity index (χ0) is 14.3. The van der Waals surface area contributed by atoms with Crippen LogP contribution in [-0.4, -0.2) is 36.9 Å². The number of methoxy groups -OCH3 is 1. The minimum Gasteiger partial charge on any atom is -0.469 e. The fourth-order valence-corrected chi connectivity index (χ4v) is 1.43. The first-order valence-electron chi connectivity index (χ1n) is 5.81. The van der Waals surface area contributed by atoms with Crippen LogP contribution in [0.2, 0.25) is 0 Å². The molecule has 0 aliphatic heterocycles. The topological polar surface area (TPSA) is 84.9 Å². The first-order chi connectivity index (χ1) is 9.04. The van der Waals surface area contributed by atoms with E-state index in [1.165, 1.54) is 14.0 Å². The quantitative estimate of drug-likeness (QED) is 0.776. The van der Waals surface area contributed by atoms with E-state index in [9.17, 15) is 14.7 Å². The van der Waals surface area contributed by atoms with Crippen LogP contribution in [0.25, 0.3) is 0 Å². The molecule has 0 spiro atoms. The molecule has 104 valence electrons. The highest BCUT2D eigenvalue weighted by Gasteiger charge is 2.25. The van der Waals surface area contributed by atoms with Crippen molar-refractivity contribution >= 4 is 12.1 Å². The lowest BCUT2D eigenvalue weighted by molar-refractivity contribution is -0.148. The van der Waals surface area contributed by atoms with Crippen molar-refractivity contribution < 1.29 is 24.2 Å². The second kappa shape index (κ2) is 7.38. The molecule has 1 aromatic carbocycles. The molecule has 6 nitrogen and oxygen atoms in total. The molecule has 0 unspecified atom stereocenters. The van der Waals surface area contributed by atoms with E-state index in [1.54, 1.807) is 30.3 Å². The Kier molecular flexibility index (Phi) is 5.81. The van der Waals surface area contributed by atoms with Crippen molar-refractivity contribution in [3.05, 3.63) is 30.3 Å². The second-order valence-electron chi connectivity index (χ2n) is 3.95. The molecule has 0 aliphatic rings. The van der Waals surface area contributed by atoms with Crippen molar-refractivity contribution in [2.75, 3.05) is 13.7 Å². The van der Waals surface area contributed by atoms with Crippen molar-refractivity contribution in [1.29, 1.82) is 0 Å². The summed E-state index contributed by atoms with van der Waals surface area (Å²) in [6.07, 6.45) is -1.62. The first-order valence-corrected chi connectivity index (χ1v) is 5.81. The molecule has 2 atom stereocenters. The molecule has 1 aromatic rings. The Labute approximate surface area is 111 Å². The van der Waals surface area contributed by atoms with Gasteiger partial charge >= 0.3 is 12.1 Å². The molecule has 0 radical (unpaired) electrons. The van der Waals surface area contributed by atoms with Crippen molar-refractivity contribution in [3.8, 4) is 5.75 Å². The summed E-state index contributed by atoms with van der Waals surface area (Å²) in [5.74, 6) is -1.02. The van der Waals surface area contributed by atoms with Crippen LogP contribution in [0.3, 0.4) is 0 Å². The van der Waals surface area contributed by atoms with Gasteiger partial charge in [0, 0.05) is 6.54 Å². The summed E-state index contributed by atoms with van der Waals surface area (Å²) in [5, 5.41) is 11.8. The molecular formula is C13H17NO5. The maximum atomic E-state index is 11.5. The molecule has 0 saturated carbocycles. The molecule has 0 saturated heterocycles. The van der Waals surface area contributed by atoms with Crippen LogP contribution in [0, 0.1) is 5.92 Å². The predicted molar refractivity (Wildman–Crippen MR) is 67.7 cm³/mol. The molecule has 0 heterocycles. The Morgan fingerprint density at radius 2 is 1.95 bits per heavy atom. The molecule has 1 rings (SSSR count). The number of rotatable bonds is 5. The van der Waals surface area contributed by atoms with Crippen LogP contribution in [0.1, 0.15) is 6.92 Å². The minimum absolute atomic E-state index is 0.0595. The third kappa shape index (κ3) is 4.97. The Bertz CT molecular complexity index is 418. The van der Waals surface area contributed by atoms with Gasteiger partial charge in [0.25, 0.3) is 0 Å². The van der Waals surface area contributed by atoms with Crippen molar-refractivity contribution in [1.82, 2.24) is 5.32 Å². The number of carbonyl (C=O) groups excluding carboxylic acids is 2. The lowest BCUT2D eigenvalue weighted by atomic mass is 10.0. The fourth-order valence-electron chi connectivity index (χ4n) is 1.43. The normalized spacial score (nSPS) is 13.2. The molecule has 0 fully saturated rings. The van der Waals surface area contributed by atoms with Crippen LogP contribution < -0.4 is 10.1 Å². The van der Waals surface area contributed by atoms with Gasteiger partial charge in [0.05, 0.1) is 19.1 Å². The van der Waals surface area contributed by atoms with Crippen molar-refractivity contribution in [2.45, 2.75) is 13.0 Å². The molecule has 0 aromatic heterocycles. The third-order valence-electron chi connectivity index (χ3n) is 2.51. The summed E-state index contributed by atoms with van der Waals surface area (Å²) in [7, 11) is 1.22. The van der Waals surface area contributed by atoms with Crippen LogP contribution in [0.15, 0.2) is 30.3 Å². The number of aliphatic hydroxyl groups is 1. The van der Waals surface area contributed by atoms with Gasteiger partial charge in [0.2, 0.25) is 0 Å². The van der Waals surface area contributed by atoms with E-state index in [2.05, 4.69) is 10.1 Å². The second-order valence-corrected chi connectivity index (χ2v) is 3.95. The van der Waals surface area contributed by atoms with Crippen molar-refractivity contribution in [2.24, 2.45) is 5.92 Å². The Hall–Kier alpha value is -2.08. The largest absolute Gasteiger partial charge is 0.469 e. The van der Waals surface area contributed by atoms with Gasteiger partial charge in [-0.15, -0.1) is 0 Å². The lowest BCUT2D eigenvalue weighted by Gasteiger charge is -2.17. The number of nitrogens with one attached hydrogen (secondary N) is 1. The van der Waals surface area contributed by atoms with E-state index in [0.29, 0.717) is 5.75 Å². The van der Waals surface area contributed by atoms with Crippen LogP contribution in [-0.2, 0) is 9.53 Å². The van der Waals surface area contributed by atoms with Gasteiger partial charge in [-0.2, -0.15) is 0 Å². The number of ether oxygens (including phenoxy) is 2. The zero-order valence-electron chi connectivity index (χ0n) is 10.8. The van der Waals surface area contributed by atoms with E-state index in [0.717, 1.165) is 0 Å². The summed E-state index contributed by atoms with van der Waals surface area (Å²) < 4.78 is 9.51. The average Bonchev–Trinajstić information content (AvgIpc) is 2.39. The smallest absolute Gasteiger partial charge is 0.412 e. The fraction of sp³-hybridized carbons (Fsp3) is 0.385. The van der Waals surface area contributed by atoms with Crippen LogP contribution >= 0.6 is 0 Å². The summed E-state index contributed by atoms with van der Waals surface area (Å²) >= 11 is 0. The summed E-state index contributed by atoms with van der Waals surface area (Å²) in [6, 6.07) is 8.52. The highest BCUT2D eigenvalue weighted by Crippen LogP contribution is 2.09. The van der Waals surface area contributed by atoms with Gasteiger partial charge in [-0.1, -0.05) is 18.2 Å². The number of para-hydroxylation sites is 1. The number of hydrogen-bond donors (Lipinski definition) is 2. The number of carbonyl (C=O) groups is 2. The van der Waals surface area contributed by atoms with Gasteiger partial charge in [0.1, 0.15) is 5.75 Å². The summed E-state index contributed by atoms with van der Waals surface area (Å²) in [6.45, 7) is 1.39. The van der Waals surface area contributed by atoms with Crippen LogP contribution in [0.4, 0.5) is 4.79 Å². The SMILES string of the molecule is COC(=O)[C@@H](CNC(=O)Oc1ccccc1)[C@@H](C)O. The van der Waals surface area contributed by atoms with Gasteiger partial charge < -0.3 is 19.9 Å². The van der Waals surface area contributed by atoms with Gasteiger partial charge in [-0.05, 0) is 19.1 Å². The molecule has 6 heteroatoms. The van der Waals surface area contributed by atoms with Gasteiger partial charge in [-0.3, -0.25) is 4.79 Å². The van der Waals surface area contributed by atoms with E-state index >= 15 is 0 Å². The maximum absolute atomic E-state index is 11.5. The average molecular weight is 267 g/mol. The molecule has 0 bridgehead atoms. The molecule has 0 aliphatic carbocycles. The van der Waals surface area contributed by atoms with E-state index < -0.39 is 24.1 Å². The number of hydrogen-bond acceptors (Lipinski definition) is 5. The highest BCUT2D eigenvalue weighted by molar-refractivity contribution is 5.75. The number of benzene rings is 1. The summed E-state index contributed by atoms with van der Waals surface area (Å²) in [5.41, 5.74) is 0. The molecule has 19 heavy (non-hydrogen) atoms. The first kappa shape index (κ1) is 15.0. The third-order valence-corrected chi connectivity index (χ3v) is 2.51. The standard InChI is InChI=1S/C13H17NO5/c1-9(15)11(12(16)18-2)8-14-13(17)19-10-6-4-3-5-7-10/h3-7,9,11,15H,8H2,1-2H3,(H,14,17)/t9-,11+/m1/s1. The molecular weight excluding hydrogens is 250 g/mol. The predicted octanol–water partition coefficient (Wildman–Crippen LogP) is 0.945.